The topological polar surface area (TPSA) is 91.4 Å². The Labute approximate surface area is 173 Å². The molecule has 0 unspecified atom stereocenters. The molecule has 29 heavy (non-hydrogen) atoms. The fraction of sp³-hybridized carbons (Fsp3) is 0.316. The summed E-state index contributed by atoms with van der Waals surface area (Å²) in [5.41, 5.74) is 0.714. The summed E-state index contributed by atoms with van der Waals surface area (Å²) in [7, 11) is -1.39. The first-order valence-corrected chi connectivity index (χ1v) is 10.5. The van der Waals surface area contributed by atoms with Crippen molar-refractivity contribution in [1.29, 1.82) is 0 Å². The molecule has 3 rings (SSSR count). The largest absolute Gasteiger partial charge is 0.489 e. The summed E-state index contributed by atoms with van der Waals surface area (Å²) >= 11 is 6.24. The number of benzene rings is 2. The Balaban J connectivity index is 1.74. The average Bonchev–Trinajstić information content (AvgIpc) is 2.97. The smallest absolute Gasteiger partial charge is 0.338 e. The van der Waals surface area contributed by atoms with E-state index in [4.69, 9.17) is 30.6 Å². The molecule has 2 aromatic rings. The molecule has 0 saturated heterocycles. The first kappa shape index (κ1) is 21.4. The van der Waals surface area contributed by atoms with Gasteiger partial charge in [-0.1, -0.05) is 22.1 Å². The van der Waals surface area contributed by atoms with Crippen molar-refractivity contribution in [2.45, 2.75) is 17.9 Å². The van der Waals surface area contributed by atoms with Gasteiger partial charge in [0.1, 0.15) is 6.61 Å². The monoisotopic (exact) mass is 441 g/mol. The lowest BCUT2D eigenvalue weighted by molar-refractivity contribution is -0.0258. The van der Waals surface area contributed by atoms with Gasteiger partial charge < -0.3 is 14.2 Å². The molecule has 2 aromatic carbocycles. The van der Waals surface area contributed by atoms with Gasteiger partial charge >= 0.3 is 5.97 Å². The van der Waals surface area contributed by atoms with Gasteiger partial charge in [0.15, 0.2) is 11.5 Å². The lowest BCUT2D eigenvalue weighted by atomic mass is 10.2. The summed E-state index contributed by atoms with van der Waals surface area (Å²) in [5, 5.41) is 0.367. The van der Waals surface area contributed by atoms with Crippen LogP contribution in [0.3, 0.4) is 0 Å². The van der Waals surface area contributed by atoms with Crippen LogP contribution in [0.25, 0.3) is 0 Å². The van der Waals surface area contributed by atoms with Crippen molar-refractivity contribution >= 4 is 27.6 Å². The van der Waals surface area contributed by atoms with E-state index in [-0.39, 0.29) is 17.1 Å². The van der Waals surface area contributed by atoms with Gasteiger partial charge in [-0.25, -0.2) is 13.2 Å². The number of hydrogen-bond donors (Lipinski definition) is 0. The number of halogens is 1. The Kier molecular flexibility index (Phi) is 6.63. The van der Waals surface area contributed by atoms with Gasteiger partial charge in [-0.05, 0) is 35.9 Å². The predicted molar refractivity (Wildman–Crippen MR) is 105 cm³/mol. The van der Waals surface area contributed by atoms with E-state index in [0.717, 1.165) is 6.42 Å². The minimum Gasteiger partial charge on any atom is -0.489 e. The summed E-state index contributed by atoms with van der Waals surface area (Å²) in [4.78, 5) is 17.1. The molecule has 0 aromatic heterocycles. The maximum absolute atomic E-state index is 12.4. The van der Waals surface area contributed by atoms with E-state index in [1.807, 2.05) is 0 Å². The molecule has 0 spiro atoms. The van der Waals surface area contributed by atoms with Gasteiger partial charge in [0.25, 0.3) is 10.0 Å². The molecule has 0 N–H and O–H groups in total. The second-order valence-corrected chi connectivity index (χ2v) is 8.50. The number of carbonyl (C=O) groups is 1. The molecular formula is C19H20ClNO7S. The number of rotatable bonds is 6. The number of sulfonamides is 1. The van der Waals surface area contributed by atoms with Crippen LogP contribution in [0, 0.1) is 0 Å². The predicted octanol–water partition coefficient (Wildman–Crippen LogP) is 3.04. The van der Waals surface area contributed by atoms with Crippen molar-refractivity contribution in [1.82, 2.24) is 4.47 Å². The molecule has 1 aliphatic heterocycles. The van der Waals surface area contributed by atoms with Crippen LogP contribution in [0.15, 0.2) is 41.3 Å². The molecule has 156 valence electrons. The van der Waals surface area contributed by atoms with Gasteiger partial charge in [-0.2, -0.15) is 0 Å². The van der Waals surface area contributed by atoms with Crippen LogP contribution in [-0.2, 0) is 26.2 Å². The van der Waals surface area contributed by atoms with E-state index in [1.165, 1.54) is 38.4 Å². The molecule has 0 fully saturated rings. The van der Waals surface area contributed by atoms with Gasteiger partial charge in [-0.15, -0.1) is 0 Å². The van der Waals surface area contributed by atoms with Crippen molar-refractivity contribution in [2.75, 3.05) is 27.4 Å². The maximum atomic E-state index is 12.4. The fourth-order valence-electron chi connectivity index (χ4n) is 2.63. The molecule has 0 radical (unpaired) electrons. The first-order valence-electron chi connectivity index (χ1n) is 8.71. The Morgan fingerprint density at radius 1 is 1.21 bits per heavy atom. The highest BCUT2D eigenvalue weighted by molar-refractivity contribution is 7.89. The van der Waals surface area contributed by atoms with Crippen LogP contribution in [0.5, 0.6) is 11.5 Å². The van der Waals surface area contributed by atoms with Crippen molar-refractivity contribution in [3.8, 4) is 11.5 Å². The highest BCUT2D eigenvalue weighted by Crippen LogP contribution is 2.38. The van der Waals surface area contributed by atoms with E-state index < -0.39 is 16.0 Å². The highest BCUT2D eigenvalue weighted by Gasteiger charge is 2.22. The lowest BCUT2D eigenvalue weighted by Gasteiger charge is -2.14. The molecule has 0 bridgehead atoms. The summed E-state index contributed by atoms with van der Waals surface area (Å²) < 4.78 is 41.9. The summed E-state index contributed by atoms with van der Waals surface area (Å²) in [5.74, 6) is 0.293. The second kappa shape index (κ2) is 9.00. The van der Waals surface area contributed by atoms with Crippen LogP contribution in [-0.4, -0.2) is 46.2 Å². The molecule has 0 amide bonds. The van der Waals surface area contributed by atoms with E-state index in [0.29, 0.717) is 39.8 Å². The van der Waals surface area contributed by atoms with Gasteiger partial charge in [0, 0.05) is 13.5 Å². The zero-order chi connectivity index (χ0) is 21.0. The summed E-state index contributed by atoms with van der Waals surface area (Å²) in [6.45, 7) is 0.951. The summed E-state index contributed by atoms with van der Waals surface area (Å²) in [6.07, 6.45) is 0.743. The minimum atomic E-state index is -3.88. The zero-order valence-electron chi connectivity index (χ0n) is 15.9. The van der Waals surface area contributed by atoms with Crippen molar-refractivity contribution in [2.24, 2.45) is 0 Å². The lowest BCUT2D eigenvalue weighted by Crippen LogP contribution is -2.25. The highest BCUT2D eigenvalue weighted by atomic mass is 35.5. The Bertz CT molecular complexity index is 1010. The molecule has 10 heteroatoms. The second-order valence-electron chi connectivity index (χ2n) is 6.16. The molecule has 8 nitrogen and oxygen atoms in total. The number of hydroxylamine groups is 1. The Morgan fingerprint density at radius 2 is 1.97 bits per heavy atom. The third kappa shape index (κ3) is 4.81. The standard InChI is InChI=1S/C19H20ClNO7S/c1-21(25-2)29(23,24)15-6-3-5-14(11-15)19(22)28-12-13-9-16(20)18-17(10-13)26-7-4-8-27-18/h3,5-6,9-11H,4,7-8,12H2,1-2H3. The average molecular weight is 442 g/mol. The van der Waals surface area contributed by atoms with Crippen LogP contribution in [0.2, 0.25) is 5.02 Å². The minimum absolute atomic E-state index is 0.0653. The van der Waals surface area contributed by atoms with Crippen molar-refractivity contribution < 1.29 is 32.3 Å². The zero-order valence-corrected chi connectivity index (χ0v) is 17.5. The Morgan fingerprint density at radius 3 is 2.72 bits per heavy atom. The number of ether oxygens (including phenoxy) is 3. The van der Waals surface area contributed by atoms with Crippen molar-refractivity contribution in [3.63, 3.8) is 0 Å². The third-order valence-corrected chi connectivity index (χ3v) is 6.15. The van der Waals surface area contributed by atoms with Crippen molar-refractivity contribution in [3.05, 3.63) is 52.5 Å². The van der Waals surface area contributed by atoms with Gasteiger partial charge in [0.2, 0.25) is 0 Å². The van der Waals surface area contributed by atoms with E-state index in [9.17, 15) is 13.2 Å². The normalized spacial score (nSPS) is 13.8. The SMILES string of the molecule is CON(C)S(=O)(=O)c1cccc(C(=O)OCc2cc(Cl)c3c(c2)OCCCO3)c1. The van der Waals surface area contributed by atoms with E-state index >= 15 is 0 Å². The maximum Gasteiger partial charge on any atom is 0.338 e. The summed E-state index contributed by atoms with van der Waals surface area (Å²) in [6, 6.07) is 8.86. The number of fused-ring (bicyclic) bond motifs is 1. The fourth-order valence-corrected chi connectivity index (χ4v) is 3.94. The van der Waals surface area contributed by atoms with Gasteiger partial charge in [-0.3, -0.25) is 4.84 Å². The van der Waals surface area contributed by atoms with Crippen LogP contribution >= 0.6 is 11.6 Å². The Hall–Kier alpha value is -2.33. The number of esters is 1. The van der Waals surface area contributed by atoms with Crippen LogP contribution in [0.4, 0.5) is 0 Å². The van der Waals surface area contributed by atoms with Crippen LogP contribution in [0.1, 0.15) is 22.3 Å². The van der Waals surface area contributed by atoms with Gasteiger partial charge in [0.05, 0.1) is 35.8 Å². The first-order chi connectivity index (χ1) is 13.8. The van der Waals surface area contributed by atoms with E-state index in [1.54, 1.807) is 12.1 Å². The number of carbonyl (C=O) groups excluding carboxylic acids is 1. The molecule has 0 atom stereocenters. The molecule has 0 saturated carbocycles. The molecule has 1 aliphatic rings. The molecule has 0 aliphatic carbocycles. The third-order valence-electron chi connectivity index (χ3n) is 4.20. The van der Waals surface area contributed by atoms with E-state index in [2.05, 4.69) is 0 Å². The molecular weight excluding hydrogens is 422 g/mol. The molecule has 1 heterocycles. The quantitative estimate of drug-likeness (QED) is 0.502. The number of nitrogens with zero attached hydrogens (tertiary/aromatic N) is 1. The number of hydrogen-bond acceptors (Lipinski definition) is 7. The van der Waals surface area contributed by atoms with Crippen LogP contribution < -0.4 is 9.47 Å².